The van der Waals surface area contributed by atoms with Gasteiger partial charge in [-0.25, -0.2) is 4.98 Å². The second kappa shape index (κ2) is 6.13. The molecule has 1 aliphatic carbocycles. The maximum Gasteiger partial charge on any atom is 0.0795 e. The summed E-state index contributed by atoms with van der Waals surface area (Å²) in [5, 5.41) is 9.60. The number of nitrogens with one attached hydrogen (secondary N) is 2. The summed E-state index contributed by atoms with van der Waals surface area (Å²) in [5.41, 5.74) is 3.12. The minimum absolute atomic E-state index is 0.691. The van der Waals surface area contributed by atoms with Gasteiger partial charge < -0.3 is 10.6 Å². The Morgan fingerprint density at radius 2 is 2.22 bits per heavy atom. The molecule has 3 atom stereocenters. The third-order valence-corrected chi connectivity index (χ3v) is 5.10. The maximum absolute atomic E-state index is 4.36. The lowest BCUT2D eigenvalue weighted by molar-refractivity contribution is 0.213. The van der Waals surface area contributed by atoms with E-state index in [2.05, 4.69) is 21.0 Å². The van der Waals surface area contributed by atoms with E-state index in [9.17, 15) is 0 Å². The van der Waals surface area contributed by atoms with Gasteiger partial charge >= 0.3 is 0 Å². The molecule has 3 nitrogen and oxygen atoms in total. The highest BCUT2D eigenvalue weighted by Crippen LogP contribution is 2.30. The van der Waals surface area contributed by atoms with E-state index < -0.39 is 0 Å². The van der Waals surface area contributed by atoms with Crippen LogP contribution in [0, 0.1) is 5.92 Å². The molecular weight excluding hydrogens is 242 g/mol. The van der Waals surface area contributed by atoms with Crippen LogP contribution in [0.3, 0.4) is 0 Å². The second-order valence-corrected chi connectivity index (χ2v) is 6.34. The molecule has 1 saturated heterocycles. The van der Waals surface area contributed by atoms with E-state index in [1.54, 1.807) is 11.3 Å². The van der Waals surface area contributed by atoms with Crippen LogP contribution in [0.2, 0.25) is 0 Å². The average Bonchev–Trinajstić information content (AvgIpc) is 3.10. The van der Waals surface area contributed by atoms with Crippen LogP contribution in [0.4, 0.5) is 0 Å². The van der Waals surface area contributed by atoms with Gasteiger partial charge in [-0.05, 0) is 38.1 Å². The Kier molecular flexibility index (Phi) is 4.28. The Hall–Kier alpha value is -0.450. The zero-order chi connectivity index (χ0) is 12.2. The summed E-state index contributed by atoms with van der Waals surface area (Å²) in [6.45, 7) is 2.16. The molecule has 0 bridgehead atoms. The molecule has 0 spiro atoms. The van der Waals surface area contributed by atoms with Crippen LogP contribution in [0.1, 0.15) is 44.2 Å². The molecule has 2 heterocycles. The van der Waals surface area contributed by atoms with Gasteiger partial charge in [-0.2, -0.15) is 0 Å². The first kappa shape index (κ1) is 12.6. The summed E-state index contributed by atoms with van der Waals surface area (Å²) in [5.74, 6) is 0.833. The van der Waals surface area contributed by atoms with E-state index in [-0.39, 0.29) is 0 Å². The van der Waals surface area contributed by atoms with Crippen molar-refractivity contribution in [2.24, 2.45) is 5.92 Å². The van der Waals surface area contributed by atoms with Gasteiger partial charge in [-0.3, -0.25) is 0 Å². The standard InChI is InChI=1S/C14H23N3S/c1-2-5-14(16-8-11-9-18-10-17-11)12(4-1)13-6-3-7-15-13/h9-10,12-16H,1-8H2. The first-order chi connectivity index (χ1) is 8.93. The Bertz CT molecular complexity index is 346. The highest BCUT2D eigenvalue weighted by atomic mass is 32.1. The fourth-order valence-corrected chi connectivity index (χ4v) is 4.09. The lowest BCUT2D eigenvalue weighted by Gasteiger charge is -2.36. The molecule has 1 aliphatic heterocycles. The Morgan fingerprint density at radius 3 is 3.00 bits per heavy atom. The number of aromatic nitrogens is 1. The third kappa shape index (κ3) is 2.92. The van der Waals surface area contributed by atoms with Crippen LogP contribution in [0.5, 0.6) is 0 Å². The Labute approximate surface area is 113 Å². The highest BCUT2D eigenvalue weighted by Gasteiger charge is 2.32. The van der Waals surface area contributed by atoms with E-state index in [1.165, 1.54) is 50.8 Å². The minimum Gasteiger partial charge on any atom is -0.314 e. The molecule has 2 N–H and O–H groups in total. The minimum atomic E-state index is 0.691. The van der Waals surface area contributed by atoms with Crippen molar-refractivity contribution < 1.29 is 0 Å². The molecule has 18 heavy (non-hydrogen) atoms. The quantitative estimate of drug-likeness (QED) is 0.878. The normalized spacial score (nSPS) is 32.8. The lowest BCUT2D eigenvalue weighted by Crippen LogP contribution is -2.46. The molecule has 3 rings (SSSR count). The van der Waals surface area contributed by atoms with Gasteiger partial charge in [0.2, 0.25) is 0 Å². The van der Waals surface area contributed by atoms with Crippen molar-refractivity contribution in [3.63, 3.8) is 0 Å². The summed E-state index contributed by atoms with van der Waals surface area (Å²) < 4.78 is 0. The largest absolute Gasteiger partial charge is 0.314 e. The predicted octanol–water partition coefficient (Wildman–Crippen LogP) is 2.54. The van der Waals surface area contributed by atoms with Crippen LogP contribution in [0.25, 0.3) is 0 Å². The van der Waals surface area contributed by atoms with Gasteiger partial charge in [0.1, 0.15) is 0 Å². The summed E-state index contributed by atoms with van der Waals surface area (Å²) in [6.07, 6.45) is 8.27. The summed E-state index contributed by atoms with van der Waals surface area (Å²) in [4.78, 5) is 4.36. The van der Waals surface area contributed by atoms with E-state index in [0.717, 1.165) is 18.5 Å². The molecule has 4 heteroatoms. The van der Waals surface area contributed by atoms with Crippen LogP contribution < -0.4 is 10.6 Å². The van der Waals surface area contributed by atoms with Crippen molar-refractivity contribution in [1.29, 1.82) is 0 Å². The van der Waals surface area contributed by atoms with Crippen LogP contribution in [-0.4, -0.2) is 23.6 Å². The number of nitrogens with zero attached hydrogens (tertiary/aromatic N) is 1. The fourth-order valence-electron chi connectivity index (χ4n) is 3.53. The van der Waals surface area contributed by atoms with Crippen LogP contribution in [0.15, 0.2) is 10.9 Å². The van der Waals surface area contributed by atoms with E-state index in [1.807, 2.05) is 5.51 Å². The van der Waals surface area contributed by atoms with Gasteiger partial charge in [-0.1, -0.05) is 12.8 Å². The highest BCUT2D eigenvalue weighted by molar-refractivity contribution is 7.07. The summed E-state index contributed by atoms with van der Waals surface area (Å²) >= 11 is 1.69. The summed E-state index contributed by atoms with van der Waals surface area (Å²) in [7, 11) is 0. The van der Waals surface area contributed by atoms with Crippen molar-refractivity contribution in [1.82, 2.24) is 15.6 Å². The first-order valence-electron chi connectivity index (χ1n) is 7.27. The molecule has 0 amide bonds. The van der Waals surface area contributed by atoms with Crippen LogP contribution >= 0.6 is 11.3 Å². The molecule has 1 aromatic heterocycles. The third-order valence-electron chi connectivity index (χ3n) is 4.46. The van der Waals surface area contributed by atoms with E-state index in [4.69, 9.17) is 0 Å². The zero-order valence-electron chi connectivity index (χ0n) is 10.9. The monoisotopic (exact) mass is 265 g/mol. The Morgan fingerprint density at radius 1 is 1.28 bits per heavy atom. The number of thiazole rings is 1. The smallest absolute Gasteiger partial charge is 0.0795 e. The number of rotatable bonds is 4. The zero-order valence-corrected chi connectivity index (χ0v) is 11.7. The van der Waals surface area contributed by atoms with Gasteiger partial charge in [0.25, 0.3) is 0 Å². The topological polar surface area (TPSA) is 37.0 Å². The van der Waals surface area contributed by atoms with Crippen molar-refractivity contribution in [2.45, 2.75) is 57.2 Å². The van der Waals surface area contributed by atoms with Gasteiger partial charge in [-0.15, -0.1) is 11.3 Å². The molecule has 2 fully saturated rings. The Balaban J connectivity index is 1.57. The SMILES string of the molecule is c1nc(CNC2CCCCC2C2CCCN2)cs1. The van der Waals surface area contributed by atoms with E-state index in [0.29, 0.717) is 6.04 Å². The molecule has 1 aromatic rings. The van der Waals surface area contributed by atoms with Gasteiger partial charge in [0, 0.05) is 24.0 Å². The molecule has 0 radical (unpaired) electrons. The van der Waals surface area contributed by atoms with Crippen molar-refractivity contribution in [3.05, 3.63) is 16.6 Å². The molecule has 2 aliphatic rings. The second-order valence-electron chi connectivity index (χ2n) is 5.62. The van der Waals surface area contributed by atoms with Crippen LogP contribution in [-0.2, 0) is 6.54 Å². The fraction of sp³-hybridized carbons (Fsp3) is 0.786. The van der Waals surface area contributed by atoms with Gasteiger partial charge in [0.05, 0.1) is 11.2 Å². The average molecular weight is 265 g/mol. The van der Waals surface area contributed by atoms with Crippen molar-refractivity contribution in [2.75, 3.05) is 6.54 Å². The maximum atomic E-state index is 4.36. The molecular formula is C14H23N3S. The first-order valence-corrected chi connectivity index (χ1v) is 8.21. The molecule has 3 unspecified atom stereocenters. The molecule has 100 valence electrons. The van der Waals surface area contributed by atoms with Gasteiger partial charge in [0.15, 0.2) is 0 Å². The predicted molar refractivity (Wildman–Crippen MR) is 75.7 cm³/mol. The van der Waals surface area contributed by atoms with Crippen molar-refractivity contribution >= 4 is 11.3 Å². The lowest BCUT2D eigenvalue weighted by atomic mass is 9.79. The number of hydrogen-bond donors (Lipinski definition) is 2. The number of hydrogen-bond acceptors (Lipinski definition) is 4. The van der Waals surface area contributed by atoms with Crippen molar-refractivity contribution in [3.8, 4) is 0 Å². The molecule has 1 saturated carbocycles. The molecule has 0 aromatic carbocycles. The van der Waals surface area contributed by atoms with E-state index >= 15 is 0 Å². The summed E-state index contributed by atoms with van der Waals surface area (Å²) in [6, 6.07) is 1.45.